The lowest BCUT2D eigenvalue weighted by Crippen LogP contribution is -2.82. The Hall–Kier alpha value is -2.45. The van der Waals surface area contributed by atoms with Crippen molar-refractivity contribution in [2.75, 3.05) is 13.1 Å². The molecule has 8 heteroatoms. The Balaban J connectivity index is 1.49. The summed E-state index contributed by atoms with van der Waals surface area (Å²) < 4.78 is 6.29. The first-order valence-electron chi connectivity index (χ1n) is 11.2. The van der Waals surface area contributed by atoms with Crippen LogP contribution in [0.4, 0.5) is 0 Å². The molecule has 1 aromatic rings. The summed E-state index contributed by atoms with van der Waals surface area (Å²) in [5, 5.41) is 25.8. The van der Waals surface area contributed by atoms with Crippen molar-refractivity contribution in [1.82, 2.24) is 10.2 Å². The van der Waals surface area contributed by atoms with Crippen LogP contribution in [0.3, 0.4) is 0 Å². The van der Waals surface area contributed by atoms with E-state index < -0.39 is 28.7 Å². The molecule has 3 heterocycles. The molecule has 0 unspecified atom stereocenters. The van der Waals surface area contributed by atoms with Gasteiger partial charge in [0.1, 0.15) is 23.3 Å². The maximum atomic E-state index is 13.7. The van der Waals surface area contributed by atoms with E-state index in [9.17, 15) is 24.6 Å². The number of benzene rings is 1. The minimum absolute atomic E-state index is 0.108. The van der Waals surface area contributed by atoms with Crippen LogP contribution in [0.15, 0.2) is 12.1 Å². The van der Waals surface area contributed by atoms with Gasteiger partial charge in [0, 0.05) is 24.2 Å². The van der Waals surface area contributed by atoms with Gasteiger partial charge in [0.25, 0.3) is 0 Å². The number of phenols is 1. The highest BCUT2D eigenvalue weighted by Gasteiger charge is 2.79. The molecular formula is C23H24N2O6. The molecule has 2 saturated heterocycles. The number of phenolic OH excluding ortho intramolecular Hbond substituents is 1. The smallest absolute Gasteiger partial charge is 0.228 e. The van der Waals surface area contributed by atoms with E-state index in [0.29, 0.717) is 30.0 Å². The zero-order valence-corrected chi connectivity index (χ0v) is 17.0. The molecule has 0 radical (unpaired) electrons. The topological polar surface area (TPSA) is 116 Å². The van der Waals surface area contributed by atoms with Crippen LogP contribution in [-0.2, 0) is 15.0 Å². The number of carbonyl (C=O) groups is 3. The molecule has 3 aliphatic heterocycles. The molecule has 1 aromatic carbocycles. The molecular weight excluding hydrogens is 400 g/mol. The van der Waals surface area contributed by atoms with Crippen molar-refractivity contribution in [2.45, 2.75) is 67.2 Å². The number of carbonyl (C=O) groups excluding carboxylic acids is 3. The van der Waals surface area contributed by atoms with Crippen molar-refractivity contribution in [1.29, 1.82) is 0 Å². The number of hydrogen-bond acceptors (Lipinski definition) is 7. The lowest BCUT2D eigenvalue weighted by Gasteiger charge is -2.64. The maximum Gasteiger partial charge on any atom is 0.228 e. The molecule has 1 amide bonds. The number of aromatic hydroxyl groups is 1. The molecule has 31 heavy (non-hydrogen) atoms. The number of hydrogen-bond donors (Lipinski definition) is 3. The van der Waals surface area contributed by atoms with Gasteiger partial charge in [0.05, 0.1) is 11.8 Å². The highest BCUT2D eigenvalue weighted by atomic mass is 16.5. The van der Waals surface area contributed by atoms with E-state index in [1.807, 2.05) is 0 Å². The van der Waals surface area contributed by atoms with Crippen LogP contribution < -0.4 is 10.1 Å². The highest BCUT2D eigenvalue weighted by molar-refractivity contribution is 6.12. The third-order valence-corrected chi connectivity index (χ3v) is 8.88. The van der Waals surface area contributed by atoms with E-state index in [-0.39, 0.29) is 48.2 Å². The number of Topliss-reactive ketones (excluding diaryl/α,β-unsaturated/α-hetero) is 2. The predicted octanol–water partition coefficient (Wildman–Crippen LogP) is 0.424. The van der Waals surface area contributed by atoms with Gasteiger partial charge in [0.2, 0.25) is 5.91 Å². The van der Waals surface area contributed by atoms with E-state index in [4.69, 9.17) is 4.74 Å². The van der Waals surface area contributed by atoms with Gasteiger partial charge in [-0.05, 0) is 50.2 Å². The fourth-order valence-corrected chi connectivity index (χ4v) is 7.44. The number of nitrogens with one attached hydrogen (secondary N) is 1. The predicted molar refractivity (Wildman–Crippen MR) is 106 cm³/mol. The summed E-state index contributed by atoms with van der Waals surface area (Å²) in [5.74, 6) is -0.0886. The van der Waals surface area contributed by atoms with Crippen LogP contribution >= 0.6 is 0 Å². The van der Waals surface area contributed by atoms with Gasteiger partial charge in [-0.2, -0.15) is 0 Å². The standard InChI is InChI=1S/C23H24N2O6/c26-13-4-3-12-16-18(13)31-20-21(16)7-8-25(10-11-1-2-11)19(17(12)29)23(21,30)6-5-22(20)14(27)9-15(28)24-22/h3-4,11,19-20,26,30H,1-2,5-10H2,(H,24,28)/t19-,20-,21+,22-,23-/m1/s1. The van der Waals surface area contributed by atoms with Crippen LogP contribution in [0.1, 0.15) is 54.4 Å². The zero-order valence-electron chi connectivity index (χ0n) is 17.0. The van der Waals surface area contributed by atoms with Crippen molar-refractivity contribution in [3.63, 3.8) is 0 Å². The Labute approximate surface area is 178 Å². The molecule has 162 valence electrons. The van der Waals surface area contributed by atoms with E-state index in [1.165, 1.54) is 6.07 Å². The number of fused-ring (bicyclic) bond motifs is 1. The van der Waals surface area contributed by atoms with Crippen molar-refractivity contribution < 1.29 is 29.3 Å². The van der Waals surface area contributed by atoms with E-state index in [0.717, 1.165) is 19.4 Å². The third kappa shape index (κ3) is 1.85. The summed E-state index contributed by atoms with van der Waals surface area (Å²) in [6.07, 6.45) is 2.16. The van der Waals surface area contributed by atoms with Crippen LogP contribution in [0.2, 0.25) is 0 Å². The van der Waals surface area contributed by atoms with Crippen LogP contribution in [-0.4, -0.2) is 69.0 Å². The van der Waals surface area contributed by atoms with Crippen LogP contribution in [0, 0.1) is 5.92 Å². The molecule has 2 bridgehead atoms. The number of piperidine rings is 1. The number of nitrogens with zero attached hydrogens (tertiary/aromatic N) is 1. The lowest BCUT2D eigenvalue weighted by atomic mass is 9.45. The number of amides is 1. The Morgan fingerprint density at radius 2 is 1.97 bits per heavy atom. The molecule has 2 saturated carbocycles. The average molecular weight is 424 g/mol. The zero-order chi connectivity index (χ0) is 21.3. The second-order valence-electron chi connectivity index (χ2n) is 10.3. The van der Waals surface area contributed by atoms with Crippen molar-refractivity contribution in [3.8, 4) is 11.5 Å². The number of rotatable bonds is 2. The summed E-state index contributed by atoms with van der Waals surface area (Å²) in [7, 11) is 0. The number of ether oxygens (including phenoxy) is 1. The summed E-state index contributed by atoms with van der Waals surface area (Å²) in [5.41, 5.74) is -2.71. The molecule has 3 N–H and O–H groups in total. The second-order valence-corrected chi connectivity index (χ2v) is 10.3. The van der Waals surface area contributed by atoms with Gasteiger partial charge in [0.15, 0.2) is 23.1 Å². The Morgan fingerprint density at radius 1 is 1.16 bits per heavy atom. The van der Waals surface area contributed by atoms with Crippen molar-refractivity contribution in [3.05, 3.63) is 23.3 Å². The Morgan fingerprint density at radius 3 is 2.68 bits per heavy atom. The van der Waals surface area contributed by atoms with Gasteiger partial charge in [-0.15, -0.1) is 0 Å². The molecule has 3 aliphatic carbocycles. The second kappa shape index (κ2) is 5.30. The monoisotopic (exact) mass is 424 g/mol. The minimum atomic E-state index is -1.42. The first kappa shape index (κ1) is 18.2. The number of ketones is 2. The molecule has 5 atom stereocenters. The van der Waals surface area contributed by atoms with Crippen LogP contribution in [0.25, 0.3) is 0 Å². The molecule has 0 aromatic heterocycles. The summed E-state index contributed by atoms with van der Waals surface area (Å²) >= 11 is 0. The summed E-state index contributed by atoms with van der Waals surface area (Å²) in [4.78, 5) is 41.2. The number of likely N-dealkylation sites (tertiary alicyclic amines) is 1. The first-order chi connectivity index (χ1) is 14.8. The summed E-state index contributed by atoms with van der Waals surface area (Å²) in [6.45, 7) is 1.38. The molecule has 8 nitrogen and oxygen atoms in total. The molecule has 2 spiro atoms. The highest BCUT2D eigenvalue weighted by Crippen LogP contribution is 2.67. The fraction of sp³-hybridized carbons (Fsp3) is 0.609. The van der Waals surface area contributed by atoms with Gasteiger partial charge >= 0.3 is 0 Å². The lowest BCUT2D eigenvalue weighted by molar-refractivity contribution is -0.192. The Bertz CT molecular complexity index is 1100. The average Bonchev–Trinajstić information content (AvgIpc) is 3.39. The van der Waals surface area contributed by atoms with Gasteiger partial charge in [-0.1, -0.05) is 0 Å². The largest absolute Gasteiger partial charge is 0.504 e. The molecule has 4 fully saturated rings. The maximum absolute atomic E-state index is 13.7. The molecule has 6 aliphatic rings. The van der Waals surface area contributed by atoms with Crippen LogP contribution in [0.5, 0.6) is 11.5 Å². The van der Waals surface area contributed by atoms with Gasteiger partial charge in [-0.25, -0.2) is 0 Å². The summed E-state index contributed by atoms with van der Waals surface area (Å²) in [6, 6.07) is 2.36. The molecule has 7 rings (SSSR count). The Kier molecular flexibility index (Phi) is 3.10. The van der Waals surface area contributed by atoms with Gasteiger partial charge in [-0.3, -0.25) is 19.3 Å². The van der Waals surface area contributed by atoms with Gasteiger partial charge < -0.3 is 20.3 Å². The quantitative estimate of drug-likeness (QED) is 0.590. The normalized spacial score (nSPS) is 42.5. The van der Waals surface area contributed by atoms with E-state index >= 15 is 0 Å². The minimum Gasteiger partial charge on any atom is -0.504 e. The first-order valence-corrected chi connectivity index (χ1v) is 11.2. The van der Waals surface area contributed by atoms with E-state index in [1.54, 1.807) is 6.07 Å². The van der Waals surface area contributed by atoms with Crippen molar-refractivity contribution >= 4 is 17.5 Å². The SMILES string of the molecule is O=C1CC(=O)[C@@]2(CC[C@@]3(O)[C@H]4C(=O)c5ccc(O)c6c5[C@@]3(CCN4CC3CC3)[C@H]2O6)N1. The third-order valence-electron chi connectivity index (χ3n) is 8.88. The fourth-order valence-electron chi connectivity index (χ4n) is 7.44. The van der Waals surface area contributed by atoms with E-state index in [2.05, 4.69) is 10.2 Å². The van der Waals surface area contributed by atoms with Crippen molar-refractivity contribution in [2.24, 2.45) is 5.92 Å². The number of aliphatic hydroxyl groups is 1.